The van der Waals surface area contributed by atoms with Crippen molar-refractivity contribution in [3.8, 4) is 0 Å². The van der Waals surface area contributed by atoms with Gasteiger partial charge in [-0.25, -0.2) is 4.98 Å². The molecule has 2 heterocycles. The van der Waals surface area contributed by atoms with Gasteiger partial charge in [-0.15, -0.1) is 24.0 Å². The van der Waals surface area contributed by atoms with Gasteiger partial charge in [-0.3, -0.25) is 9.89 Å². The molecule has 0 aliphatic carbocycles. The van der Waals surface area contributed by atoms with Gasteiger partial charge in [-0.2, -0.15) is 0 Å². The first-order valence-corrected chi connectivity index (χ1v) is 10.1. The van der Waals surface area contributed by atoms with E-state index in [1.54, 1.807) is 7.05 Å². The van der Waals surface area contributed by atoms with Gasteiger partial charge in [0, 0.05) is 31.6 Å². The smallest absolute Gasteiger partial charge is 0.213 e. The van der Waals surface area contributed by atoms with Crippen LogP contribution in [0.4, 0.5) is 0 Å². The Morgan fingerprint density at radius 2 is 2.03 bits per heavy atom. The first kappa shape index (κ1) is 23.7. The summed E-state index contributed by atoms with van der Waals surface area (Å²) in [5.74, 6) is 2.38. The third-order valence-electron chi connectivity index (χ3n) is 5.02. The zero-order valence-electron chi connectivity index (χ0n) is 17.9. The van der Waals surface area contributed by atoms with Gasteiger partial charge in [0.25, 0.3) is 0 Å². The van der Waals surface area contributed by atoms with Crippen LogP contribution in [0.3, 0.4) is 0 Å². The molecular weight excluding hydrogens is 477 g/mol. The lowest BCUT2D eigenvalue weighted by atomic mass is 9.94. The summed E-state index contributed by atoms with van der Waals surface area (Å²) in [5, 5.41) is 6.88. The van der Waals surface area contributed by atoms with E-state index in [2.05, 4.69) is 76.6 Å². The van der Waals surface area contributed by atoms with Crippen LogP contribution in [-0.4, -0.2) is 42.0 Å². The number of piperidine rings is 1. The van der Waals surface area contributed by atoms with Crippen molar-refractivity contribution in [2.24, 2.45) is 4.99 Å². The monoisotopic (exact) mass is 511 g/mol. The average molecular weight is 511 g/mol. The molecule has 2 aromatic rings. The van der Waals surface area contributed by atoms with Crippen LogP contribution in [0.2, 0.25) is 0 Å². The minimum atomic E-state index is -0.0323. The maximum atomic E-state index is 5.85. The first-order valence-electron chi connectivity index (χ1n) is 10.1. The van der Waals surface area contributed by atoms with Crippen LogP contribution in [0, 0.1) is 0 Å². The van der Waals surface area contributed by atoms with Crippen molar-refractivity contribution in [3.05, 3.63) is 53.7 Å². The molecule has 0 radical (unpaired) electrons. The molecule has 29 heavy (non-hydrogen) atoms. The number of hydrogen-bond acceptors (Lipinski definition) is 4. The van der Waals surface area contributed by atoms with E-state index in [4.69, 9.17) is 4.42 Å². The van der Waals surface area contributed by atoms with Gasteiger partial charge in [0.2, 0.25) is 5.89 Å². The van der Waals surface area contributed by atoms with Crippen LogP contribution >= 0.6 is 24.0 Å². The van der Waals surface area contributed by atoms with Crippen LogP contribution in [0.5, 0.6) is 0 Å². The van der Waals surface area contributed by atoms with E-state index in [-0.39, 0.29) is 29.4 Å². The fraction of sp³-hybridized carbons (Fsp3) is 0.545. The van der Waals surface area contributed by atoms with Crippen molar-refractivity contribution in [1.29, 1.82) is 0 Å². The first-order chi connectivity index (χ1) is 13.4. The Morgan fingerprint density at radius 3 is 2.69 bits per heavy atom. The summed E-state index contributed by atoms with van der Waals surface area (Å²) in [6.45, 7) is 10.0. The second-order valence-corrected chi connectivity index (χ2v) is 8.50. The summed E-state index contributed by atoms with van der Waals surface area (Å²) < 4.78 is 5.85. The van der Waals surface area contributed by atoms with Crippen LogP contribution < -0.4 is 10.6 Å². The number of likely N-dealkylation sites (tertiary alicyclic amines) is 1. The van der Waals surface area contributed by atoms with Crippen molar-refractivity contribution >= 4 is 29.9 Å². The SMILES string of the molecule is CN=C(NCc1ncc(C(C)(C)C)o1)NC1CCCN(Cc2ccccc2)C1.I. The zero-order chi connectivity index (χ0) is 20.0. The molecule has 0 spiro atoms. The Morgan fingerprint density at radius 1 is 1.28 bits per heavy atom. The van der Waals surface area contributed by atoms with Crippen molar-refractivity contribution in [2.45, 2.75) is 58.2 Å². The van der Waals surface area contributed by atoms with Crippen molar-refractivity contribution < 1.29 is 4.42 Å². The Hall–Kier alpha value is -1.61. The maximum Gasteiger partial charge on any atom is 0.213 e. The number of halogens is 1. The summed E-state index contributed by atoms with van der Waals surface area (Å²) in [7, 11) is 1.80. The topological polar surface area (TPSA) is 65.7 Å². The molecule has 1 fully saturated rings. The van der Waals surface area contributed by atoms with E-state index in [0.717, 1.165) is 37.8 Å². The van der Waals surface area contributed by atoms with E-state index in [1.807, 2.05) is 6.20 Å². The van der Waals surface area contributed by atoms with E-state index < -0.39 is 0 Å². The number of aromatic nitrogens is 1. The highest BCUT2D eigenvalue weighted by atomic mass is 127. The second kappa shape index (κ2) is 11.0. The highest BCUT2D eigenvalue weighted by molar-refractivity contribution is 14.0. The molecule has 1 saturated heterocycles. The number of nitrogens with one attached hydrogen (secondary N) is 2. The summed E-state index contributed by atoms with van der Waals surface area (Å²) in [5.41, 5.74) is 1.33. The molecule has 1 unspecified atom stereocenters. The minimum Gasteiger partial charge on any atom is -0.443 e. The number of oxazole rings is 1. The van der Waals surface area contributed by atoms with Crippen molar-refractivity contribution in [3.63, 3.8) is 0 Å². The average Bonchev–Trinajstić information content (AvgIpc) is 3.16. The Kier molecular flexibility index (Phi) is 8.95. The van der Waals surface area contributed by atoms with E-state index >= 15 is 0 Å². The molecule has 0 bridgehead atoms. The predicted molar refractivity (Wildman–Crippen MR) is 129 cm³/mol. The lowest BCUT2D eigenvalue weighted by Gasteiger charge is -2.33. The number of guanidine groups is 1. The van der Waals surface area contributed by atoms with Gasteiger partial charge in [-0.1, -0.05) is 51.1 Å². The molecule has 2 N–H and O–H groups in total. The summed E-state index contributed by atoms with van der Waals surface area (Å²) >= 11 is 0. The third kappa shape index (κ3) is 7.29. The summed E-state index contributed by atoms with van der Waals surface area (Å²) in [6, 6.07) is 11.1. The van der Waals surface area contributed by atoms with Crippen molar-refractivity contribution in [1.82, 2.24) is 20.5 Å². The van der Waals surface area contributed by atoms with E-state index in [1.165, 1.54) is 12.0 Å². The molecule has 1 atom stereocenters. The molecule has 6 nitrogen and oxygen atoms in total. The number of benzene rings is 1. The largest absolute Gasteiger partial charge is 0.443 e. The molecule has 1 aliphatic heterocycles. The molecule has 7 heteroatoms. The van der Waals surface area contributed by atoms with Crippen molar-refractivity contribution in [2.75, 3.05) is 20.1 Å². The fourth-order valence-corrected chi connectivity index (χ4v) is 3.44. The maximum absolute atomic E-state index is 5.85. The van der Waals surface area contributed by atoms with E-state index in [9.17, 15) is 0 Å². The van der Waals surface area contributed by atoms with Gasteiger partial charge in [-0.05, 0) is 24.9 Å². The molecule has 3 rings (SSSR count). The Balaban J connectivity index is 0.00000300. The predicted octanol–water partition coefficient (Wildman–Crippen LogP) is 3.92. The van der Waals surface area contributed by atoms with Crippen LogP contribution in [-0.2, 0) is 18.5 Å². The Bertz CT molecular complexity index is 769. The molecule has 1 aromatic heterocycles. The number of hydrogen-bond donors (Lipinski definition) is 2. The van der Waals surface area contributed by atoms with Crippen LogP contribution in [0.15, 0.2) is 45.9 Å². The standard InChI is InChI=1S/C22H33N5O.HI/c1-22(2,3)19-13-24-20(28-19)14-25-21(23-4)26-18-11-8-12-27(16-18)15-17-9-6-5-7-10-17;/h5-7,9-10,13,18H,8,11-12,14-16H2,1-4H3,(H2,23,25,26);1H. The molecule has 160 valence electrons. The molecule has 0 amide bonds. The zero-order valence-corrected chi connectivity index (χ0v) is 20.3. The normalized spacial score (nSPS) is 18.2. The summed E-state index contributed by atoms with van der Waals surface area (Å²) in [6.07, 6.45) is 4.16. The number of aliphatic imine (C=N–C) groups is 1. The van der Waals surface area contributed by atoms with Gasteiger partial charge in [0.05, 0.1) is 12.7 Å². The van der Waals surface area contributed by atoms with Crippen LogP contribution in [0.1, 0.15) is 50.8 Å². The number of nitrogens with zero attached hydrogens (tertiary/aromatic N) is 3. The molecule has 1 aromatic carbocycles. The Labute approximate surface area is 191 Å². The molecule has 0 saturated carbocycles. The number of rotatable bonds is 5. The summed E-state index contributed by atoms with van der Waals surface area (Å²) in [4.78, 5) is 11.3. The highest BCUT2D eigenvalue weighted by Crippen LogP contribution is 2.22. The molecule has 1 aliphatic rings. The highest BCUT2D eigenvalue weighted by Gasteiger charge is 2.22. The lowest BCUT2D eigenvalue weighted by Crippen LogP contribution is -2.50. The van der Waals surface area contributed by atoms with Gasteiger partial charge in [0.15, 0.2) is 5.96 Å². The quantitative estimate of drug-likeness (QED) is 0.362. The second-order valence-electron chi connectivity index (χ2n) is 8.50. The van der Waals surface area contributed by atoms with Gasteiger partial charge < -0.3 is 15.1 Å². The third-order valence-corrected chi connectivity index (χ3v) is 5.02. The van der Waals surface area contributed by atoms with Gasteiger partial charge in [0.1, 0.15) is 5.76 Å². The molecular formula is C22H34IN5O. The lowest BCUT2D eigenvalue weighted by molar-refractivity contribution is 0.192. The fourth-order valence-electron chi connectivity index (χ4n) is 3.44. The minimum absolute atomic E-state index is 0. The van der Waals surface area contributed by atoms with Crippen LogP contribution in [0.25, 0.3) is 0 Å². The van der Waals surface area contributed by atoms with E-state index in [0.29, 0.717) is 18.5 Å². The van der Waals surface area contributed by atoms with Gasteiger partial charge >= 0.3 is 0 Å².